The van der Waals surface area contributed by atoms with Gasteiger partial charge in [-0.15, -0.1) is 6.58 Å². The monoisotopic (exact) mass is 663 g/mol. The zero-order valence-electron chi connectivity index (χ0n) is 28.5. The molecule has 3 rings (SSSR count). The second-order valence-electron chi connectivity index (χ2n) is 13.0. The van der Waals surface area contributed by atoms with Crippen molar-refractivity contribution >= 4 is 23.7 Å². The lowest BCUT2D eigenvalue weighted by Crippen LogP contribution is -2.57. The van der Waals surface area contributed by atoms with Gasteiger partial charge in [0.25, 0.3) is 0 Å². The first-order valence-corrected chi connectivity index (χ1v) is 17.2. The van der Waals surface area contributed by atoms with Gasteiger partial charge in [0.2, 0.25) is 17.7 Å². The summed E-state index contributed by atoms with van der Waals surface area (Å²) >= 11 is 0. The predicted molar refractivity (Wildman–Crippen MR) is 184 cm³/mol. The lowest BCUT2D eigenvalue weighted by Gasteiger charge is -2.33. The molecule has 5 atom stereocenters. The van der Waals surface area contributed by atoms with Crippen LogP contribution in [0.2, 0.25) is 0 Å². The smallest absolute Gasteiger partial charge is 0.330 e. The fourth-order valence-electron chi connectivity index (χ4n) is 6.17. The highest BCUT2D eigenvalue weighted by Crippen LogP contribution is 2.30. The van der Waals surface area contributed by atoms with Crippen molar-refractivity contribution in [3.05, 3.63) is 78.9 Å². The third kappa shape index (κ3) is 13.1. The van der Waals surface area contributed by atoms with E-state index < -0.39 is 47.9 Å². The highest BCUT2D eigenvalue weighted by Gasteiger charge is 2.32. The average Bonchev–Trinajstić information content (AvgIpc) is 3.59. The minimum atomic E-state index is -1.07. The van der Waals surface area contributed by atoms with Crippen molar-refractivity contribution in [2.24, 2.45) is 17.8 Å². The number of H-pyrrole nitrogens is 1. The standard InChI is InChI=1S/C37H53N5O6/c1-5-28(25(3)4)21-33(43)30(19-26-13-9-7-10-14-26)41-37(47)32(22-29-23-38-24-39-29)42-36(46)31(20-27-15-11-8-12-16-27)40-34(44)17-18-35(45)48-6-2/h5,8,11-12,15-18,23-26,28,30-33,43H,1,6-7,9-10,13-14,19-22H2,2-4H3,(H,38,39)(H,40,44)(H,41,47)(H,42,46)/t28-,30-,31-,32-,33+/m0/s1. The van der Waals surface area contributed by atoms with Gasteiger partial charge in [0, 0.05) is 31.2 Å². The van der Waals surface area contributed by atoms with Gasteiger partial charge in [0.05, 0.1) is 30.8 Å². The van der Waals surface area contributed by atoms with Gasteiger partial charge >= 0.3 is 5.97 Å². The third-order valence-electron chi connectivity index (χ3n) is 8.95. The van der Waals surface area contributed by atoms with Gasteiger partial charge in [-0.2, -0.15) is 0 Å². The molecule has 3 amide bonds. The van der Waals surface area contributed by atoms with E-state index in [2.05, 4.69) is 46.3 Å². The summed E-state index contributed by atoms with van der Waals surface area (Å²) in [6, 6.07) is 6.53. The Bertz CT molecular complexity index is 1320. The Morgan fingerprint density at radius 3 is 2.31 bits per heavy atom. The summed E-state index contributed by atoms with van der Waals surface area (Å²) in [7, 11) is 0. The molecular weight excluding hydrogens is 610 g/mol. The van der Waals surface area contributed by atoms with Crippen molar-refractivity contribution in [1.82, 2.24) is 25.9 Å². The zero-order chi connectivity index (χ0) is 34.9. The summed E-state index contributed by atoms with van der Waals surface area (Å²) in [5, 5.41) is 20.1. The highest BCUT2D eigenvalue weighted by molar-refractivity contribution is 5.98. The molecule has 0 spiro atoms. The van der Waals surface area contributed by atoms with E-state index in [1.165, 1.54) is 12.7 Å². The average molecular weight is 664 g/mol. The van der Waals surface area contributed by atoms with E-state index >= 15 is 0 Å². The molecule has 1 aliphatic carbocycles. The van der Waals surface area contributed by atoms with Crippen LogP contribution in [-0.2, 0) is 36.8 Å². The van der Waals surface area contributed by atoms with Crippen molar-refractivity contribution in [2.75, 3.05) is 6.61 Å². The number of nitrogens with zero attached hydrogens (tertiary/aromatic N) is 1. The molecule has 0 saturated heterocycles. The van der Waals surface area contributed by atoms with Crippen molar-refractivity contribution < 1.29 is 29.0 Å². The lowest BCUT2D eigenvalue weighted by atomic mass is 9.81. The Labute approximate surface area is 284 Å². The van der Waals surface area contributed by atoms with Crippen molar-refractivity contribution in [3.63, 3.8) is 0 Å². The Hall–Kier alpha value is -4.25. The van der Waals surface area contributed by atoms with Crippen LogP contribution in [0.1, 0.15) is 77.0 Å². The van der Waals surface area contributed by atoms with Crippen molar-refractivity contribution in [1.29, 1.82) is 0 Å². The molecule has 1 fully saturated rings. The first-order valence-electron chi connectivity index (χ1n) is 17.2. The van der Waals surface area contributed by atoms with Gasteiger partial charge in [-0.1, -0.05) is 82.4 Å². The number of carbonyl (C=O) groups excluding carboxylic acids is 4. The number of hydrogen-bond acceptors (Lipinski definition) is 7. The van der Waals surface area contributed by atoms with Gasteiger partial charge in [-0.05, 0) is 43.1 Å². The van der Waals surface area contributed by atoms with Crippen LogP contribution in [0.4, 0.5) is 0 Å². The Morgan fingerprint density at radius 1 is 1.00 bits per heavy atom. The number of esters is 1. The second kappa shape index (κ2) is 20.2. The molecule has 11 heteroatoms. The van der Waals surface area contributed by atoms with Crippen LogP contribution in [-0.4, -0.2) is 69.6 Å². The molecule has 0 bridgehead atoms. The summed E-state index contributed by atoms with van der Waals surface area (Å²) < 4.78 is 4.84. The molecule has 1 aromatic heterocycles. The van der Waals surface area contributed by atoms with Crippen LogP contribution in [0.15, 0.2) is 67.7 Å². The van der Waals surface area contributed by atoms with E-state index in [9.17, 15) is 24.3 Å². The minimum absolute atomic E-state index is 0.0746. The Kier molecular flexibility index (Phi) is 16.1. The first-order chi connectivity index (χ1) is 23.1. The number of benzene rings is 1. The largest absolute Gasteiger partial charge is 0.463 e. The second-order valence-corrected chi connectivity index (χ2v) is 13.0. The fraction of sp³-hybridized carbons (Fsp3) is 0.541. The Morgan fingerprint density at radius 2 is 1.69 bits per heavy atom. The number of rotatable bonds is 19. The number of amides is 3. The molecule has 1 aliphatic rings. The summed E-state index contributed by atoms with van der Waals surface area (Å²) in [4.78, 5) is 59.6. The molecule has 1 aromatic carbocycles. The molecule has 0 unspecified atom stereocenters. The molecule has 48 heavy (non-hydrogen) atoms. The van der Waals surface area contributed by atoms with Gasteiger partial charge in [0.1, 0.15) is 12.1 Å². The number of imidazole rings is 1. The topological polar surface area (TPSA) is 163 Å². The molecule has 0 radical (unpaired) electrons. The summed E-state index contributed by atoms with van der Waals surface area (Å²) in [5.41, 5.74) is 1.35. The van der Waals surface area contributed by atoms with Gasteiger partial charge in [-0.3, -0.25) is 14.4 Å². The molecule has 11 nitrogen and oxygen atoms in total. The summed E-state index contributed by atoms with van der Waals surface area (Å²) in [6.45, 7) is 9.94. The normalized spacial score (nSPS) is 16.8. The third-order valence-corrected chi connectivity index (χ3v) is 8.95. The number of nitrogens with one attached hydrogen (secondary N) is 4. The molecule has 5 N–H and O–H groups in total. The van der Waals surface area contributed by atoms with Crippen molar-refractivity contribution in [3.8, 4) is 0 Å². The SMILES string of the molecule is C=C[C@@H](C[C@@H](O)[C@H](CC1CCCCC1)NC(=O)[C@H](Cc1c[nH]cn1)NC(=O)[C@H](Cc1ccccc1)NC(=O)C=CC(=O)OCC)C(C)C. The van der Waals surface area contributed by atoms with E-state index in [0.29, 0.717) is 24.5 Å². The number of hydrogen-bond donors (Lipinski definition) is 5. The van der Waals surface area contributed by atoms with Gasteiger partial charge in [-0.25, -0.2) is 9.78 Å². The number of aromatic amines is 1. The predicted octanol–water partition coefficient (Wildman–Crippen LogP) is 3.95. The zero-order valence-corrected chi connectivity index (χ0v) is 28.5. The maximum Gasteiger partial charge on any atom is 0.330 e. The number of aliphatic hydroxyl groups is 1. The van der Waals surface area contributed by atoms with E-state index in [1.807, 2.05) is 36.4 Å². The Balaban J connectivity index is 1.84. The molecule has 1 saturated carbocycles. The van der Waals surface area contributed by atoms with Gasteiger partial charge < -0.3 is 30.8 Å². The maximum absolute atomic E-state index is 14.0. The van der Waals surface area contributed by atoms with Crippen molar-refractivity contribution in [2.45, 2.75) is 103 Å². The lowest BCUT2D eigenvalue weighted by molar-refractivity contribution is -0.137. The maximum atomic E-state index is 14.0. The number of aromatic nitrogens is 2. The molecular formula is C37H53N5O6. The number of aliphatic hydroxyl groups excluding tert-OH is 1. The van der Waals surface area contributed by atoms with Crippen LogP contribution < -0.4 is 16.0 Å². The summed E-state index contributed by atoms with van der Waals surface area (Å²) in [6.07, 6.45) is 13.1. The van der Waals surface area contributed by atoms with Crippen LogP contribution in [0.3, 0.4) is 0 Å². The highest BCUT2D eigenvalue weighted by atomic mass is 16.5. The van der Waals surface area contributed by atoms with E-state index in [-0.39, 0.29) is 31.3 Å². The van der Waals surface area contributed by atoms with E-state index in [1.54, 1.807) is 13.1 Å². The molecule has 262 valence electrons. The van der Waals surface area contributed by atoms with Gasteiger partial charge in [0.15, 0.2) is 0 Å². The number of carbonyl (C=O) groups is 4. The van der Waals surface area contributed by atoms with Crippen LogP contribution in [0, 0.1) is 17.8 Å². The van der Waals surface area contributed by atoms with E-state index in [4.69, 9.17) is 4.74 Å². The number of ether oxygens (including phenoxy) is 1. The first kappa shape index (κ1) is 38.2. The quantitative estimate of drug-likeness (QED) is 0.0864. The van der Waals surface area contributed by atoms with Crippen LogP contribution >= 0.6 is 0 Å². The molecule has 2 aromatic rings. The fourth-order valence-corrected chi connectivity index (χ4v) is 6.17. The van der Waals surface area contributed by atoms with Crippen LogP contribution in [0.5, 0.6) is 0 Å². The number of allylic oxidation sites excluding steroid dienone is 1. The van der Waals surface area contributed by atoms with E-state index in [0.717, 1.165) is 43.4 Å². The summed E-state index contributed by atoms with van der Waals surface area (Å²) in [5.74, 6) is -1.63. The van der Waals surface area contributed by atoms with Crippen LogP contribution in [0.25, 0.3) is 0 Å². The molecule has 1 heterocycles. The molecule has 0 aliphatic heterocycles. The minimum Gasteiger partial charge on any atom is -0.463 e.